The van der Waals surface area contributed by atoms with Crippen LogP contribution >= 0.6 is 35.4 Å². The van der Waals surface area contributed by atoms with Crippen molar-refractivity contribution in [2.45, 2.75) is 45.8 Å². The first kappa shape index (κ1) is 31.4. The molecule has 11 heteroatoms. The fraction of sp³-hybridized carbons (Fsp3) is 0.379. The van der Waals surface area contributed by atoms with Crippen LogP contribution in [0.2, 0.25) is 10.0 Å². The molecular weight excluding hydrogens is 567 g/mol. The van der Waals surface area contributed by atoms with Crippen molar-refractivity contribution in [2.24, 2.45) is 0 Å². The number of hydrogen-bond donors (Lipinski definition) is 2. The zero-order valence-corrected chi connectivity index (χ0v) is 25.0. The van der Waals surface area contributed by atoms with Gasteiger partial charge in [0.2, 0.25) is 5.91 Å². The number of amides is 1. The molecule has 0 aliphatic heterocycles. The molecule has 0 radical (unpaired) electrons. The molecule has 1 aromatic heterocycles. The van der Waals surface area contributed by atoms with Crippen LogP contribution in [0.5, 0.6) is 0 Å². The number of carbonyl (C=O) groups excluding carboxylic acids is 1. The van der Waals surface area contributed by atoms with Crippen LogP contribution in [0.1, 0.15) is 42.7 Å². The van der Waals surface area contributed by atoms with E-state index in [1.54, 1.807) is 30.7 Å². The highest BCUT2D eigenvalue weighted by atomic mass is 35.5. The normalized spacial score (nSPS) is 11.5. The molecule has 0 unspecified atom stereocenters. The van der Waals surface area contributed by atoms with Gasteiger partial charge in [0.1, 0.15) is 0 Å². The highest BCUT2D eigenvalue weighted by Gasteiger charge is 2.18. The second-order valence-corrected chi connectivity index (χ2v) is 10.5. The summed E-state index contributed by atoms with van der Waals surface area (Å²) in [5, 5.41) is 16.9. The maximum absolute atomic E-state index is 13.0. The number of thiocarbonyl (C=S) groups is 1. The van der Waals surface area contributed by atoms with Crippen LogP contribution in [0.25, 0.3) is 0 Å². The fourth-order valence-electron chi connectivity index (χ4n) is 4.11. The highest BCUT2D eigenvalue weighted by Crippen LogP contribution is 2.26. The number of nitrogens with zero attached hydrogens (tertiary/aromatic N) is 4. The predicted octanol–water partition coefficient (Wildman–Crippen LogP) is 4.96. The zero-order chi connectivity index (χ0) is 28.9. The number of imidazole rings is 1. The van der Waals surface area contributed by atoms with E-state index in [2.05, 4.69) is 21.7 Å². The minimum atomic E-state index is -0.205. The van der Waals surface area contributed by atoms with Gasteiger partial charge < -0.3 is 24.8 Å². The maximum atomic E-state index is 13.0. The van der Waals surface area contributed by atoms with Crippen molar-refractivity contribution in [3.05, 3.63) is 87.4 Å². The second-order valence-electron chi connectivity index (χ2n) is 9.34. The summed E-state index contributed by atoms with van der Waals surface area (Å²) in [6.45, 7) is 7.37. The van der Waals surface area contributed by atoms with Crippen LogP contribution in [0.4, 0.5) is 0 Å². The van der Waals surface area contributed by atoms with E-state index in [-0.39, 0.29) is 18.4 Å². The highest BCUT2D eigenvalue weighted by molar-refractivity contribution is 7.80. The van der Waals surface area contributed by atoms with Crippen LogP contribution in [0, 0.1) is 11.3 Å². The minimum absolute atomic E-state index is 0.120. The summed E-state index contributed by atoms with van der Waals surface area (Å²) in [5.41, 5.74) is 3.26. The lowest BCUT2D eigenvalue weighted by Gasteiger charge is -2.29. The second kappa shape index (κ2) is 16.2. The Morgan fingerprint density at radius 2 is 2.02 bits per heavy atom. The topological polar surface area (TPSA) is 95.2 Å². The third-order valence-electron chi connectivity index (χ3n) is 6.10. The molecule has 0 saturated carbocycles. The molecular formula is C29H34Cl2N6O2S. The Hall–Kier alpha value is -3.16. The van der Waals surface area contributed by atoms with Crippen molar-refractivity contribution in [1.82, 2.24) is 25.1 Å². The molecule has 0 aliphatic rings. The van der Waals surface area contributed by atoms with Gasteiger partial charge in [-0.25, -0.2) is 4.98 Å². The Morgan fingerprint density at radius 1 is 1.25 bits per heavy atom. The summed E-state index contributed by atoms with van der Waals surface area (Å²) in [5.74, 6) is -0.120. The number of halogens is 2. The molecule has 0 aliphatic carbocycles. The fourth-order valence-corrected chi connectivity index (χ4v) is 4.73. The van der Waals surface area contributed by atoms with E-state index in [0.29, 0.717) is 60.1 Å². The Balaban J connectivity index is 1.60. The van der Waals surface area contributed by atoms with Crippen molar-refractivity contribution in [2.75, 3.05) is 26.3 Å². The largest absolute Gasteiger partial charge is 0.382 e. The van der Waals surface area contributed by atoms with Gasteiger partial charge in [-0.15, -0.1) is 0 Å². The molecule has 3 rings (SSSR count). The van der Waals surface area contributed by atoms with Gasteiger partial charge in [0, 0.05) is 57.3 Å². The van der Waals surface area contributed by atoms with E-state index in [0.717, 1.165) is 23.2 Å². The van der Waals surface area contributed by atoms with Gasteiger partial charge in [-0.3, -0.25) is 4.79 Å². The van der Waals surface area contributed by atoms with Crippen LogP contribution in [0.3, 0.4) is 0 Å². The number of aromatic nitrogens is 2. The summed E-state index contributed by atoms with van der Waals surface area (Å²) in [7, 11) is 0. The summed E-state index contributed by atoms with van der Waals surface area (Å²) in [6, 6.07) is 14.8. The molecule has 2 aromatic carbocycles. The first-order valence-corrected chi connectivity index (χ1v) is 14.3. The summed E-state index contributed by atoms with van der Waals surface area (Å²) in [4.78, 5) is 19.2. The summed E-state index contributed by atoms with van der Waals surface area (Å²) in [6.07, 6.45) is 4.40. The van der Waals surface area contributed by atoms with Crippen molar-refractivity contribution in [1.29, 1.82) is 5.26 Å². The number of nitriles is 1. The van der Waals surface area contributed by atoms with E-state index in [4.69, 9.17) is 45.4 Å². The van der Waals surface area contributed by atoms with Gasteiger partial charge in [0.25, 0.3) is 0 Å². The Kier molecular flexibility index (Phi) is 12.7. The molecule has 0 bridgehead atoms. The van der Waals surface area contributed by atoms with Gasteiger partial charge in [-0.05, 0) is 61.8 Å². The molecule has 40 heavy (non-hydrogen) atoms. The first-order chi connectivity index (χ1) is 19.3. The van der Waals surface area contributed by atoms with Crippen LogP contribution in [-0.4, -0.2) is 57.8 Å². The molecule has 1 heterocycles. The standard InChI is InChI=1S/C29H34Cl2N6O2S/c1-3-39-13-5-12-34-29(40)36(19-24-6-4-7-26(30)28(24)31)17-21(2)35-27(38)14-25-16-33-20-37(25)18-23-10-8-22(15-32)9-11-23/h4,6-11,16,20-21H,3,5,12-14,17-19H2,1-2H3,(H,34,40)(H,35,38)/t21-/m0/s1. The van der Waals surface area contributed by atoms with E-state index < -0.39 is 0 Å². The average molecular weight is 602 g/mol. The van der Waals surface area contributed by atoms with Crippen LogP contribution < -0.4 is 10.6 Å². The molecule has 0 spiro atoms. The molecule has 0 saturated heterocycles. The van der Waals surface area contributed by atoms with E-state index in [1.807, 2.05) is 47.6 Å². The SMILES string of the molecule is CCOCCCNC(=S)N(Cc1cccc(Cl)c1Cl)C[C@H](C)NC(=O)Cc1cncn1Cc1ccc(C#N)cc1. The molecule has 1 amide bonds. The van der Waals surface area contributed by atoms with Crippen molar-refractivity contribution < 1.29 is 9.53 Å². The monoisotopic (exact) mass is 600 g/mol. The van der Waals surface area contributed by atoms with Gasteiger partial charge in [-0.2, -0.15) is 5.26 Å². The predicted molar refractivity (Wildman–Crippen MR) is 162 cm³/mol. The number of nitrogens with one attached hydrogen (secondary N) is 2. The molecule has 2 N–H and O–H groups in total. The number of ether oxygens (including phenoxy) is 1. The van der Waals surface area contributed by atoms with Crippen molar-refractivity contribution >= 4 is 46.4 Å². The number of rotatable bonds is 14. The average Bonchev–Trinajstić information content (AvgIpc) is 3.36. The number of benzene rings is 2. The lowest BCUT2D eigenvalue weighted by molar-refractivity contribution is -0.121. The maximum Gasteiger partial charge on any atom is 0.226 e. The zero-order valence-electron chi connectivity index (χ0n) is 22.7. The third kappa shape index (κ3) is 9.79. The third-order valence-corrected chi connectivity index (χ3v) is 7.36. The minimum Gasteiger partial charge on any atom is -0.382 e. The summed E-state index contributed by atoms with van der Waals surface area (Å²) >= 11 is 18.4. The molecule has 1 atom stereocenters. The lowest BCUT2D eigenvalue weighted by atomic mass is 10.1. The van der Waals surface area contributed by atoms with Gasteiger partial charge in [-0.1, -0.05) is 47.5 Å². The van der Waals surface area contributed by atoms with E-state index in [9.17, 15) is 4.79 Å². The Bertz CT molecular complexity index is 1310. The smallest absolute Gasteiger partial charge is 0.226 e. The van der Waals surface area contributed by atoms with Gasteiger partial charge >= 0.3 is 0 Å². The quantitative estimate of drug-likeness (QED) is 0.199. The Morgan fingerprint density at radius 3 is 2.75 bits per heavy atom. The van der Waals surface area contributed by atoms with Gasteiger partial charge in [0.05, 0.1) is 34.4 Å². The molecule has 212 valence electrons. The number of carbonyl (C=O) groups is 1. The molecule has 8 nitrogen and oxygen atoms in total. The summed E-state index contributed by atoms with van der Waals surface area (Å²) < 4.78 is 7.34. The molecule has 0 fully saturated rings. The van der Waals surface area contributed by atoms with Gasteiger partial charge in [0.15, 0.2) is 5.11 Å². The van der Waals surface area contributed by atoms with Crippen LogP contribution in [0.15, 0.2) is 55.0 Å². The van der Waals surface area contributed by atoms with Crippen LogP contribution in [-0.2, 0) is 29.0 Å². The van der Waals surface area contributed by atoms with E-state index >= 15 is 0 Å². The van der Waals surface area contributed by atoms with E-state index in [1.165, 1.54) is 0 Å². The first-order valence-electron chi connectivity index (χ1n) is 13.1. The van der Waals surface area contributed by atoms with Crippen molar-refractivity contribution in [3.8, 4) is 6.07 Å². The van der Waals surface area contributed by atoms with Crippen molar-refractivity contribution in [3.63, 3.8) is 0 Å². The number of hydrogen-bond acceptors (Lipinski definition) is 5. The lowest BCUT2D eigenvalue weighted by Crippen LogP contribution is -2.47. The molecule has 3 aromatic rings. The Labute approximate surface area is 251 Å².